The minimum Gasteiger partial charge on any atom is -0.482 e. The van der Waals surface area contributed by atoms with E-state index in [4.69, 9.17) is 4.74 Å². The third kappa shape index (κ3) is 2.80. The molecule has 0 saturated heterocycles. The van der Waals surface area contributed by atoms with Crippen molar-refractivity contribution < 1.29 is 24.5 Å². The zero-order valence-electron chi connectivity index (χ0n) is 20.0. The van der Waals surface area contributed by atoms with Crippen molar-refractivity contribution in [2.24, 2.45) is 23.2 Å². The Hall–Kier alpha value is -2.24. The fraction of sp³-hybridized carbons (Fsp3) is 0.586. The molecule has 1 heterocycles. The first-order valence-corrected chi connectivity index (χ1v) is 12.8. The zero-order valence-corrected chi connectivity index (χ0v) is 20.0. The molecule has 180 valence electrons. The van der Waals surface area contributed by atoms with Crippen LogP contribution in [0, 0.1) is 23.2 Å². The first-order valence-electron chi connectivity index (χ1n) is 12.8. The molecule has 6 rings (SSSR count). The molecule has 2 N–H and O–H groups in total. The molecule has 5 aliphatic rings. The molecule has 0 amide bonds. The van der Waals surface area contributed by atoms with Crippen LogP contribution in [0.2, 0.25) is 0 Å². The van der Waals surface area contributed by atoms with Gasteiger partial charge in [0.05, 0.1) is 12.2 Å². The Bertz CT molecular complexity index is 1130. The molecule has 3 fully saturated rings. The smallest absolute Gasteiger partial charge is 0.159 e. The van der Waals surface area contributed by atoms with E-state index in [0.29, 0.717) is 36.7 Å². The van der Waals surface area contributed by atoms with Crippen molar-refractivity contribution in [2.75, 3.05) is 6.61 Å². The Morgan fingerprint density at radius 2 is 2.06 bits per heavy atom. The van der Waals surface area contributed by atoms with Crippen LogP contribution in [-0.4, -0.2) is 39.6 Å². The number of ether oxygens (including phenoxy) is 1. The fourth-order valence-electron chi connectivity index (χ4n) is 8.70. The number of ketones is 2. The van der Waals surface area contributed by atoms with Crippen molar-refractivity contribution in [1.29, 1.82) is 0 Å². The molecule has 0 aromatic heterocycles. The third-order valence-electron chi connectivity index (χ3n) is 10.2. The maximum absolute atomic E-state index is 12.4. The SMILES string of the molecule is CC(=O)c1ccc2c(c1)O[C@]13CCC(=O)C=C1CC[C@@H]1[C@@H]3[C@@H]2C[C@@]2(C)[C@H]1CC[C@@]2(O)/C=C\CO. The highest BCUT2D eigenvalue weighted by atomic mass is 16.5. The Morgan fingerprint density at radius 3 is 2.82 bits per heavy atom. The highest BCUT2D eigenvalue weighted by Gasteiger charge is 2.69. The summed E-state index contributed by atoms with van der Waals surface area (Å²) in [6, 6.07) is 5.86. The van der Waals surface area contributed by atoms with Crippen molar-refractivity contribution in [2.45, 2.75) is 75.9 Å². The summed E-state index contributed by atoms with van der Waals surface area (Å²) in [5.74, 6) is 2.17. The summed E-state index contributed by atoms with van der Waals surface area (Å²) in [6.07, 6.45) is 10.9. The van der Waals surface area contributed by atoms with E-state index < -0.39 is 11.2 Å². The summed E-state index contributed by atoms with van der Waals surface area (Å²) in [6.45, 7) is 3.74. The number of aliphatic hydroxyl groups excluding tert-OH is 1. The lowest BCUT2D eigenvalue weighted by atomic mass is 9.44. The van der Waals surface area contributed by atoms with Gasteiger partial charge in [-0.25, -0.2) is 0 Å². The van der Waals surface area contributed by atoms with E-state index in [1.54, 1.807) is 13.0 Å². The molecule has 1 aromatic rings. The Labute approximate surface area is 200 Å². The number of benzene rings is 1. The minimum atomic E-state index is -0.949. The van der Waals surface area contributed by atoms with Crippen LogP contribution >= 0.6 is 0 Å². The summed E-state index contributed by atoms with van der Waals surface area (Å²) >= 11 is 0. The molecule has 0 radical (unpaired) electrons. The van der Waals surface area contributed by atoms with Gasteiger partial charge < -0.3 is 14.9 Å². The van der Waals surface area contributed by atoms with Gasteiger partial charge in [0.15, 0.2) is 11.6 Å². The van der Waals surface area contributed by atoms with Crippen LogP contribution < -0.4 is 4.74 Å². The summed E-state index contributed by atoms with van der Waals surface area (Å²) < 4.78 is 6.92. The highest BCUT2D eigenvalue weighted by molar-refractivity contribution is 5.94. The second kappa shape index (κ2) is 7.38. The molecule has 3 saturated carbocycles. The highest BCUT2D eigenvalue weighted by Crippen LogP contribution is 2.71. The van der Waals surface area contributed by atoms with E-state index in [-0.39, 0.29) is 35.4 Å². The van der Waals surface area contributed by atoms with E-state index in [9.17, 15) is 19.8 Å². The number of Topliss-reactive ketones (excluding diaryl/α,β-unsaturated/α-hetero) is 1. The van der Waals surface area contributed by atoms with Gasteiger partial charge in [0.1, 0.15) is 11.4 Å². The molecular formula is C29H34O5. The predicted octanol–water partition coefficient (Wildman–Crippen LogP) is 4.52. The Morgan fingerprint density at radius 1 is 1.24 bits per heavy atom. The number of hydrogen-bond donors (Lipinski definition) is 2. The van der Waals surface area contributed by atoms with E-state index in [1.807, 2.05) is 24.3 Å². The van der Waals surface area contributed by atoms with E-state index >= 15 is 0 Å². The van der Waals surface area contributed by atoms with Crippen molar-refractivity contribution in [3.05, 3.63) is 53.1 Å². The van der Waals surface area contributed by atoms with Crippen LogP contribution in [0.3, 0.4) is 0 Å². The molecule has 34 heavy (non-hydrogen) atoms. The molecule has 1 spiro atoms. The fourth-order valence-corrected chi connectivity index (χ4v) is 8.70. The molecular weight excluding hydrogens is 428 g/mol. The third-order valence-corrected chi connectivity index (χ3v) is 10.2. The summed E-state index contributed by atoms with van der Waals surface area (Å²) in [5.41, 5.74) is 1.14. The molecule has 1 aromatic carbocycles. The number of fused-ring (bicyclic) bond motifs is 4. The average Bonchev–Trinajstić information content (AvgIpc) is 3.08. The first-order chi connectivity index (χ1) is 16.2. The summed E-state index contributed by atoms with van der Waals surface area (Å²) in [4.78, 5) is 24.6. The summed E-state index contributed by atoms with van der Waals surface area (Å²) in [5, 5.41) is 21.3. The first kappa shape index (κ1) is 22.2. The van der Waals surface area contributed by atoms with Gasteiger partial charge in [-0.1, -0.05) is 31.2 Å². The molecule has 4 aliphatic carbocycles. The maximum atomic E-state index is 12.4. The van der Waals surface area contributed by atoms with Gasteiger partial charge in [-0.2, -0.15) is 0 Å². The Balaban J connectivity index is 1.54. The zero-order chi connectivity index (χ0) is 23.9. The Kier molecular flexibility index (Phi) is 4.83. The van der Waals surface area contributed by atoms with Gasteiger partial charge in [-0.3, -0.25) is 9.59 Å². The van der Waals surface area contributed by atoms with Gasteiger partial charge in [-0.05, 0) is 86.5 Å². The normalized spacial score (nSPS) is 42.2. The molecule has 5 heteroatoms. The molecule has 7 atom stereocenters. The van der Waals surface area contributed by atoms with Gasteiger partial charge in [-0.15, -0.1) is 0 Å². The second-order valence-corrected chi connectivity index (χ2v) is 11.5. The largest absolute Gasteiger partial charge is 0.482 e. The van der Waals surface area contributed by atoms with Crippen molar-refractivity contribution >= 4 is 11.6 Å². The second-order valence-electron chi connectivity index (χ2n) is 11.5. The number of rotatable bonds is 3. The topological polar surface area (TPSA) is 83.8 Å². The standard InChI is InChI=1S/C29H34O5/c1-17(31)18-4-6-21-23-16-27(2)24(9-11-28(27,33)10-3-13-30)22-7-5-19-15-20(32)8-12-29(19,26(22)23)34-25(21)14-18/h3-4,6,10,14-15,22-24,26,30,33H,5,7-9,11-13,16H2,1-2H3/b10-3-/t22-,23+,24-,26+,27-,28-,29+/m0/s1. The van der Waals surface area contributed by atoms with Crippen molar-refractivity contribution in [1.82, 2.24) is 0 Å². The molecule has 5 nitrogen and oxygen atoms in total. The van der Waals surface area contributed by atoms with Gasteiger partial charge in [0.2, 0.25) is 0 Å². The van der Waals surface area contributed by atoms with E-state index in [2.05, 4.69) is 13.0 Å². The number of carbonyl (C=O) groups excluding carboxylic acids is 2. The number of carbonyl (C=O) groups is 2. The number of hydrogen-bond acceptors (Lipinski definition) is 5. The lowest BCUT2D eigenvalue weighted by Crippen LogP contribution is -2.63. The van der Waals surface area contributed by atoms with Crippen molar-refractivity contribution in [3.8, 4) is 5.75 Å². The molecule has 1 aliphatic heterocycles. The van der Waals surface area contributed by atoms with Crippen LogP contribution in [0.25, 0.3) is 0 Å². The van der Waals surface area contributed by atoms with Crippen LogP contribution in [0.1, 0.15) is 80.6 Å². The van der Waals surface area contributed by atoms with Gasteiger partial charge in [0.25, 0.3) is 0 Å². The van der Waals surface area contributed by atoms with E-state index in [0.717, 1.165) is 42.6 Å². The monoisotopic (exact) mass is 462 g/mol. The summed E-state index contributed by atoms with van der Waals surface area (Å²) in [7, 11) is 0. The van der Waals surface area contributed by atoms with E-state index in [1.165, 1.54) is 0 Å². The molecule has 0 unspecified atom stereocenters. The van der Waals surface area contributed by atoms with Crippen molar-refractivity contribution in [3.63, 3.8) is 0 Å². The average molecular weight is 463 g/mol. The van der Waals surface area contributed by atoms with Gasteiger partial charge in [0, 0.05) is 23.3 Å². The minimum absolute atomic E-state index is 0.0112. The van der Waals surface area contributed by atoms with Crippen LogP contribution in [0.5, 0.6) is 5.75 Å². The lowest BCUT2D eigenvalue weighted by Gasteiger charge is -2.64. The molecule has 0 bridgehead atoms. The van der Waals surface area contributed by atoms with Gasteiger partial charge >= 0.3 is 0 Å². The van der Waals surface area contributed by atoms with Crippen LogP contribution in [-0.2, 0) is 4.79 Å². The number of aliphatic hydroxyl groups is 2. The maximum Gasteiger partial charge on any atom is 0.159 e. The quantitative estimate of drug-likeness (QED) is 0.510. The van der Waals surface area contributed by atoms with Crippen LogP contribution in [0.15, 0.2) is 42.0 Å². The van der Waals surface area contributed by atoms with Crippen LogP contribution in [0.4, 0.5) is 0 Å². The lowest BCUT2D eigenvalue weighted by molar-refractivity contribution is -0.148. The predicted molar refractivity (Wildman–Crippen MR) is 128 cm³/mol.